The van der Waals surface area contributed by atoms with Crippen LogP contribution in [0.4, 0.5) is 0 Å². The molecule has 1 aromatic carbocycles. The Bertz CT molecular complexity index is 745. The second-order valence-electron chi connectivity index (χ2n) is 6.59. The molecule has 3 rings (SSSR count). The van der Waals surface area contributed by atoms with E-state index in [2.05, 4.69) is 5.32 Å². The molecule has 1 heterocycles. The van der Waals surface area contributed by atoms with Gasteiger partial charge in [-0.2, -0.15) is 0 Å². The Morgan fingerprint density at radius 2 is 1.92 bits per heavy atom. The average Bonchev–Trinajstić information content (AvgIpc) is 3.20. The van der Waals surface area contributed by atoms with Crippen molar-refractivity contribution in [2.45, 2.75) is 31.7 Å². The number of rotatable bonds is 5. The lowest BCUT2D eigenvalue weighted by molar-refractivity contribution is -0.147. The van der Waals surface area contributed by atoms with E-state index in [4.69, 9.17) is 16.3 Å². The lowest BCUT2D eigenvalue weighted by atomic mass is 9.81. The van der Waals surface area contributed by atoms with Crippen LogP contribution in [0.2, 0.25) is 5.02 Å². The molecule has 0 aliphatic heterocycles. The first-order chi connectivity index (χ1) is 12.6. The SMILES string of the molecule is COC(=O)[C@@H]1CCC[C@@H](C(=O)N[C@H](c2ccc(Cl)cc2)c2cccs2)C1. The second kappa shape index (κ2) is 8.69. The fraction of sp³-hybridized carbons (Fsp3) is 0.400. The molecule has 26 heavy (non-hydrogen) atoms. The van der Waals surface area contributed by atoms with Crippen molar-refractivity contribution in [3.8, 4) is 0 Å². The lowest BCUT2D eigenvalue weighted by Gasteiger charge is -2.28. The van der Waals surface area contributed by atoms with Crippen LogP contribution in [0.3, 0.4) is 0 Å². The summed E-state index contributed by atoms with van der Waals surface area (Å²) in [7, 11) is 1.40. The summed E-state index contributed by atoms with van der Waals surface area (Å²) in [6, 6.07) is 11.3. The Labute approximate surface area is 162 Å². The molecule has 1 aliphatic rings. The van der Waals surface area contributed by atoms with Crippen molar-refractivity contribution >= 4 is 34.8 Å². The van der Waals surface area contributed by atoms with Crippen LogP contribution >= 0.6 is 22.9 Å². The third kappa shape index (κ3) is 4.46. The number of esters is 1. The number of methoxy groups -OCH3 is 1. The highest BCUT2D eigenvalue weighted by molar-refractivity contribution is 7.10. The highest BCUT2D eigenvalue weighted by Crippen LogP contribution is 2.32. The van der Waals surface area contributed by atoms with Gasteiger partial charge in [0, 0.05) is 15.8 Å². The maximum Gasteiger partial charge on any atom is 0.308 e. The summed E-state index contributed by atoms with van der Waals surface area (Å²) in [5.41, 5.74) is 0.991. The van der Waals surface area contributed by atoms with E-state index >= 15 is 0 Å². The molecule has 2 aromatic rings. The Hall–Kier alpha value is -1.85. The fourth-order valence-electron chi connectivity index (χ4n) is 3.50. The summed E-state index contributed by atoms with van der Waals surface area (Å²) in [6.45, 7) is 0. The minimum atomic E-state index is -0.213. The first-order valence-corrected chi connectivity index (χ1v) is 10.0. The van der Waals surface area contributed by atoms with Crippen LogP contribution in [0.15, 0.2) is 41.8 Å². The van der Waals surface area contributed by atoms with E-state index in [9.17, 15) is 9.59 Å². The zero-order valence-corrected chi connectivity index (χ0v) is 16.2. The van der Waals surface area contributed by atoms with Gasteiger partial charge in [0.25, 0.3) is 0 Å². The van der Waals surface area contributed by atoms with Gasteiger partial charge in [0.05, 0.1) is 19.1 Å². The molecule has 4 nitrogen and oxygen atoms in total. The predicted molar refractivity (Wildman–Crippen MR) is 103 cm³/mol. The van der Waals surface area contributed by atoms with E-state index in [-0.39, 0.29) is 29.8 Å². The maximum atomic E-state index is 12.9. The van der Waals surface area contributed by atoms with Gasteiger partial charge in [0.15, 0.2) is 0 Å². The standard InChI is InChI=1S/C20H22ClNO3S/c1-25-20(24)15-5-2-4-14(12-15)19(23)22-18(17-6-3-11-26-17)13-7-9-16(21)10-8-13/h3,6-11,14-15,18H,2,4-5,12H2,1H3,(H,22,23)/t14-,15-,18-/m1/s1. The van der Waals surface area contributed by atoms with Crippen molar-refractivity contribution < 1.29 is 14.3 Å². The molecule has 0 radical (unpaired) electrons. The Kier molecular flexibility index (Phi) is 6.33. The number of thiophene rings is 1. The summed E-state index contributed by atoms with van der Waals surface area (Å²) < 4.78 is 4.86. The number of nitrogens with one attached hydrogen (secondary N) is 1. The Morgan fingerprint density at radius 1 is 1.19 bits per heavy atom. The second-order valence-corrected chi connectivity index (χ2v) is 8.01. The summed E-state index contributed by atoms with van der Waals surface area (Å²) in [4.78, 5) is 25.8. The molecule has 1 aromatic heterocycles. The Morgan fingerprint density at radius 3 is 2.58 bits per heavy atom. The number of hydrogen-bond acceptors (Lipinski definition) is 4. The molecule has 1 amide bonds. The first-order valence-electron chi connectivity index (χ1n) is 8.75. The zero-order valence-electron chi connectivity index (χ0n) is 14.6. The highest BCUT2D eigenvalue weighted by atomic mass is 35.5. The molecule has 1 N–H and O–H groups in total. The summed E-state index contributed by atoms with van der Waals surface area (Å²) in [6.07, 6.45) is 3.01. The zero-order chi connectivity index (χ0) is 18.5. The van der Waals surface area contributed by atoms with Crippen LogP contribution in [-0.2, 0) is 14.3 Å². The third-order valence-corrected chi connectivity index (χ3v) is 6.09. The van der Waals surface area contributed by atoms with Crippen LogP contribution in [0.25, 0.3) is 0 Å². The predicted octanol–water partition coefficient (Wildman–Crippen LogP) is 4.59. The molecule has 0 saturated heterocycles. The monoisotopic (exact) mass is 391 g/mol. The number of hydrogen-bond donors (Lipinski definition) is 1. The lowest BCUT2D eigenvalue weighted by Crippen LogP contribution is -2.37. The third-order valence-electron chi connectivity index (χ3n) is 4.90. The van der Waals surface area contributed by atoms with Gasteiger partial charge in [-0.05, 0) is 48.4 Å². The van der Waals surface area contributed by atoms with E-state index < -0.39 is 0 Å². The molecule has 1 saturated carbocycles. The smallest absolute Gasteiger partial charge is 0.308 e. The van der Waals surface area contributed by atoms with Gasteiger partial charge in [0.1, 0.15) is 0 Å². The van der Waals surface area contributed by atoms with E-state index in [1.807, 2.05) is 41.8 Å². The molecular formula is C20H22ClNO3S. The van der Waals surface area contributed by atoms with Gasteiger partial charge >= 0.3 is 5.97 Å². The topological polar surface area (TPSA) is 55.4 Å². The van der Waals surface area contributed by atoms with Crippen molar-refractivity contribution in [2.75, 3.05) is 7.11 Å². The van der Waals surface area contributed by atoms with Crippen LogP contribution in [0, 0.1) is 11.8 Å². The molecular weight excluding hydrogens is 370 g/mol. The van der Waals surface area contributed by atoms with Gasteiger partial charge in [0.2, 0.25) is 5.91 Å². The summed E-state index contributed by atoms with van der Waals surface area (Å²) >= 11 is 7.61. The van der Waals surface area contributed by atoms with E-state index in [0.29, 0.717) is 11.4 Å². The quantitative estimate of drug-likeness (QED) is 0.758. The van der Waals surface area contributed by atoms with Crippen LogP contribution in [0.5, 0.6) is 0 Å². The molecule has 3 atom stereocenters. The molecule has 1 aliphatic carbocycles. The van der Waals surface area contributed by atoms with Gasteiger partial charge in [-0.3, -0.25) is 9.59 Å². The number of halogens is 1. The largest absolute Gasteiger partial charge is 0.469 e. The van der Waals surface area contributed by atoms with Crippen molar-refractivity contribution in [3.63, 3.8) is 0 Å². The van der Waals surface area contributed by atoms with Crippen molar-refractivity contribution in [2.24, 2.45) is 11.8 Å². The number of benzene rings is 1. The maximum absolute atomic E-state index is 12.9. The van der Waals surface area contributed by atoms with Gasteiger partial charge < -0.3 is 10.1 Å². The average molecular weight is 392 g/mol. The van der Waals surface area contributed by atoms with Crippen molar-refractivity contribution in [1.82, 2.24) is 5.32 Å². The number of carbonyl (C=O) groups is 2. The van der Waals surface area contributed by atoms with E-state index in [0.717, 1.165) is 29.7 Å². The van der Waals surface area contributed by atoms with Crippen LogP contribution < -0.4 is 5.32 Å². The van der Waals surface area contributed by atoms with Gasteiger partial charge in [-0.15, -0.1) is 11.3 Å². The summed E-state index contributed by atoms with van der Waals surface area (Å²) in [5, 5.41) is 5.84. The van der Waals surface area contributed by atoms with Crippen molar-refractivity contribution in [1.29, 1.82) is 0 Å². The highest BCUT2D eigenvalue weighted by Gasteiger charge is 2.33. The minimum Gasteiger partial charge on any atom is -0.469 e. The molecule has 0 unspecified atom stereocenters. The molecule has 138 valence electrons. The Balaban J connectivity index is 1.75. The van der Waals surface area contributed by atoms with Gasteiger partial charge in [-0.1, -0.05) is 36.2 Å². The minimum absolute atomic E-state index is 0.00745. The van der Waals surface area contributed by atoms with Crippen molar-refractivity contribution in [3.05, 3.63) is 57.2 Å². The summed E-state index contributed by atoms with van der Waals surface area (Å²) in [5.74, 6) is -0.565. The molecule has 0 spiro atoms. The number of ether oxygens (including phenoxy) is 1. The number of amides is 1. The van der Waals surface area contributed by atoms with Gasteiger partial charge in [-0.25, -0.2) is 0 Å². The fourth-order valence-corrected chi connectivity index (χ4v) is 4.43. The molecule has 0 bridgehead atoms. The molecule has 6 heteroatoms. The van der Waals surface area contributed by atoms with Crippen LogP contribution in [0.1, 0.15) is 42.2 Å². The number of carbonyl (C=O) groups excluding carboxylic acids is 2. The normalized spacial score (nSPS) is 21.0. The van der Waals surface area contributed by atoms with Crippen LogP contribution in [-0.4, -0.2) is 19.0 Å². The first kappa shape index (κ1) is 18.9. The van der Waals surface area contributed by atoms with E-state index in [1.54, 1.807) is 11.3 Å². The molecule has 1 fully saturated rings. The van der Waals surface area contributed by atoms with E-state index in [1.165, 1.54) is 7.11 Å².